The summed E-state index contributed by atoms with van der Waals surface area (Å²) in [4.78, 5) is 11.9. The van der Waals surface area contributed by atoms with Crippen molar-refractivity contribution in [2.24, 2.45) is 11.8 Å². The highest BCUT2D eigenvalue weighted by atomic mass is 16.1. The Balaban J connectivity index is 1.73. The molecule has 0 N–H and O–H groups in total. The van der Waals surface area contributed by atoms with E-state index >= 15 is 0 Å². The predicted octanol–water partition coefficient (Wildman–Crippen LogP) is 3.65. The normalized spacial score (nSPS) is 39.2. The molecule has 2 saturated carbocycles. The molecule has 2 aromatic carbocycles. The van der Waals surface area contributed by atoms with Crippen molar-refractivity contribution in [3.05, 3.63) is 71.3 Å². The molecule has 2 unspecified atom stereocenters. The van der Waals surface area contributed by atoms with Gasteiger partial charge in [-0.25, -0.2) is 0 Å². The van der Waals surface area contributed by atoms with Gasteiger partial charge < -0.3 is 4.79 Å². The van der Waals surface area contributed by atoms with Crippen molar-refractivity contribution in [3.8, 4) is 0 Å². The second-order valence-electron chi connectivity index (χ2n) is 6.55. The molecule has 0 spiro atoms. The van der Waals surface area contributed by atoms with E-state index in [1.54, 1.807) is 0 Å². The van der Waals surface area contributed by atoms with Crippen LogP contribution in [-0.2, 0) is 10.2 Å². The lowest BCUT2D eigenvalue weighted by molar-refractivity contribution is -0.111. The molecule has 0 saturated heterocycles. The van der Waals surface area contributed by atoms with Gasteiger partial charge in [0.2, 0.25) is 0 Å². The van der Waals surface area contributed by atoms with Crippen molar-refractivity contribution in [1.82, 2.24) is 0 Å². The van der Waals surface area contributed by atoms with Gasteiger partial charge in [-0.15, -0.1) is 0 Å². The summed E-state index contributed by atoms with van der Waals surface area (Å²) in [5.41, 5.74) is 4.02. The maximum Gasteiger partial charge on any atom is 0.131 e. The summed E-state index contributed by atoms with van der Waals surface area (Å²) in [5, 5.41) is 0. The van der Waals surface area contributed by atoms with Crippen LogP contribution in [-0.4, -0.2) is 6.29 Å². The maximum atomic E-state index is 11.9. The summed E-state index contributed by atoms with van der Waals surface area (Å²) in [5.74, 6) is 2.29. The molecule has 3 aliphatic carbocycles. The molecule has 5 atom stereocenters. The zero-order valence-electron chi connectivity index (χ0n) is 11.2. The van der Waals surface area contributed by atoms with Gasteiger partial charge in [0, 0.05) is 0 Å². The monoisotopic (exact) mass is 260 g/mol. The lowest BCUT2D eigenvalue weighted by Gasteiger charge is -2.37. The van der Waals surface area contributed by atoms with E-state index in [2.05, 4.69) is 54.6 Å². The Bertz CT molecular complexity index is 705. The third kappa shape index (κ3) is 1.02. The van der Waals surface area contributed by atoms with Gasteiger partial charge in [0.1, 0.15) is 6.29 Å². The van der Waals surface area contributed by atoms with Crippen LogP contribution in [0.1, 0.15) is 34.9 Å². The van der Waals surface area contributed by atoms with Gasteiger partial charge in [0.05, 0.1) is 5.41 Å². The Labute approximate surface area is 118 Å². The van der Waals surface area contributed by atoms with Gasteiger partial charge >= 0.3 is 0 Å². The molecule has 3 aliphatic rings. The van der Waals surface area contributed by atoms with E-state index in [0.717, 1.165) is 0 Å². The predicted molar refractivity (Wildman–Crippen MR) is 77.7 cm³/mol. The SMILES string of the molecule is O=CC12c3ccccc3[C@H]3C[C@@H]1C2[C@H]3c1ccccc1. The fourth-order valence-corrected chi connectivity index (χ4v) is 5.33. The van der Waals surface area contributed by atoms with Crippen molar-refractivity contribution in [1.29, 1.82) is 0 Å². The minimum Gasteiger partial charge on any atom is -0.302 e. The number of hydrogen-bond acceptors (Lipinski definition) is 1. The summed E-state index contributed by atoms with van der Waals surface area (Å²) in [6.07, 6.45) is 2.45. The number of carbonyl (C=O) groups is 1. The number of fused-ring (bicyclic) bond motifs is 5. The minimum absolute atomic E-state index is 0.161. The Hall–Kier alpha value is -1.89. The van der Waals surface area contributed by atoms with Crippen molar-refractivity contribution in [3.63, 3.8) is 0 Å². The summed E-state index contributed by atoms with van der Waals surface area (Å²) in [6.45, 7) is 0. The third-order valence-corrected chi connectivity index (χ3v) is 6.02. The molecule has 2 aromatic rings. The van der Waals surface area contributed by atoms with Crippen LogP contribution in [0.15, 0.2) is 54.6 Å². The number of aldehydes is 1. The van der Waals surface area contributed by atoms with Gasteiger partial charge in [-0.2, -0.15) is 0 Å². The first-order valence-corrected chi connectivity index (χ1v) is 7.48. The van der Waals surface area contributed by atoms with Gasteiger partial charge in [-0.1, -0.05) is 54.6 Å². The second kappa shape index (κ2) is 3.41. The topological polar surface area (TPSA) is 17.1 Å². The van der Waals surface area contributed by atoms with E-state index in [-0.39, 0.29) is 5.41 Å². The van der Waals surface area contributed by atoms with Gasteiger partial charge in [-0.05, 0) is 46.8 Å². The van der Waals surface area contributed by atoms with Crippen LogP contribution < -0.4 is 0 Å². The van der Waals surface area contributed by atoms with Crippen LogP contribution in [0.5, 0.6) is 0 Å². The quantitative estimate of drug-likeness (QED) is 0.753. The molecule has 1 heteroatoms. The first kappa shape index (κ1) is 10.8. The van der Waals surface area contributed by atoms with Gasteiger partial charge in [0.15, 0.2) is 0 Å². The first-order chi connectivity index (χ1) is 9.88. The average molecular weight is 260 g/mol. The summed E-state index contributed by atoms with van der Waals surface area (Å²) >= 11 is 0. The van der Waals surface area contributed by atoms with Crippen molar-refractivity contribution >= 4 is 6.29 Å². The zero-order valence-corrected chi connectivity index (χ0v) is 11.2. The maximum absolute atomic E-state index is 11.9. The highest BCUT2D eigenvalue weighted by Crippen LogP contribution is 2.79. The average Bonchev–Trinajstić information content (AvgIpc) is 3.04. The van der Waals surface area contributed by atoms with Crippen LogP contribution in [0, 0.1) is 11.8 Å². The Morgan fingerprint density at radius 3 is 2.55 bits per heavy atom. The van der Waals surface area contributed by atoms with Gasteiger partial charge in [-0.3, -0.25) is 0 Å². The zero-order chi connectivity index (χ0) is 13.3. The molecule has 0 amide bonds. The fourth-order valence-electron chi connectivity index (χ4n) is 5.33. The molecular formula is C19H16O. The lowest BCUT2D eigenvalue weighted by Crippen LogP contribution is -2.31. The number of rotatable bonds is 2. The number of carbonyl (C=O) groups excluding carboxylic acids is 1. The number of hydrogen-bond donors (Lipinski definition) is 0. The lowest BCUT2D eigenvalue weighted by atomic mass is 9.66. The molecule has 0 heterocycles. The Morgan fingerprint density at radius 2 is 1.75 bits per heavy atom. The van der Waals surface area contributed by atoms with Crippen molar-refractivity contribution in [2.75, 3.05) is 0 Å². The smallest absolute Gasteiger partial charge is 0.131 e. The Kier molecular flexibility index (Phi) is 1.85. The molecule has 5 rings (SSSR count). The fraction of sp³-hybridized carbons (Fsp3) is 0.316. The summed E-state index contributed by atoms with van der Waals surface area (Å²) in [6, 6.07) is 19.4. The Morgan fingerprint density at radius 1 is 1.00 bits per heavy atom. The van der Waals surface area contributed by atoms with Crippen LogP contribution >= 0.6 is 0 Å². The van der Waals surface area contributed by atoms with E-state index < -0.39 is 0 Å². The van der Waals surface area contributed by atoms with Crippen LogP contribution in [0.4, 0.5) is 0 Å². The van der Waals surface area contributed by atoms with E-state index in [1.807, 2.05) is 0 Å². The standard InChI is InChI=1S/C19H16O/c20-11-19-15-9-5-4-8-13(15)14-10-16(19)18(19)17(14)12-6-2-1-3-7-12/h1-9,11,14,16-18H,10H2/t14-,16-,17+,18?,19?/m1/s1. The third-order valence-electron chi connectivity index (χ3n) is 6.02. The second-order valence-corrected chi connectivity index (χ2v) is 6.55. The highest BCUT2D eigenvalue weighted by molar-refractivity contribution is 5.80. The molecule has 0 aromatic heterocycles. The molecule has 0 aliphatic heterocycles. The molecule has 2 bridgehead atoms. The van der Waals surface area contributed by atoms with E-state index in [9.17, 15) is 4.79 Å². The number of benzene rings is 2. The van der Waals surface area contributed by atoms with Crippen molar-refractivity contribution < 1.29 is 4.79 Å². The van der Waals surface area contributed by atoms with Crippen molar-refractivity contribution in [2.45, 2.75) is 23.7 Å². The molecule has 1 nitrogen and oxygen atoms in total. The van der Waals surface area contributed by atoms with Crippen LogP contribution in [0.3, 0.4) is 0 Å². The van der Waals surface area contributed by atoms with E-state index in [1.165, 1.54) is 29.4 Å². The molecular weight excluding hydrogens is 244 g/mol. The van der Waals surface area contributed by atoms with Gasteiger partial charge in [0.25, 0.3) is 0 Å². The minimum atomic E-state index is -0.161. The largest absolute Gasteiger partial charge is 0.302 e. The van der Waals surface area contributed by atoms with Crippen LogP contribution in [0.25, 0.3) is 0 Å². The first-order valence-electron chi connectivity index (χ1n) is 7.48. The molecule has 0 radical (unpaired) electrons. The molecule has 20 heavy (non-hydrogen) atoms. The van der Waals surface area contributed by atoms with E-state index in [4.69, 9.17) is 0 Å². The molecule has 98 valence electrons. The molecule has 2 fully saturated rings. The summed E-state index contributed by atoms with van der Waals surface area (Å²) in [7, 11) is 0. The van der Waals surface area contributed by atoms with E-state index in [0.29, 0.717) is 23.7 Å². The summed E-state index contributed by atoms with van der Waals surface area (Å²) < 4.78 is 0. The van der Waals surface area contributed by atoms with Crippen LogP contribution in [0.2, 0.25) is 0 Å². The highest BCUT2D eigenvalue weighted by Gasteiger charge is 2.76.